The first-order valence-electron chi connectivity index (χ1n) is 6.81. The van der Waals surface area contributed by atoms with E-state index in [0.717, 1.165) is 17.9 Å². The van der Waals surface area contributed by atoms with Gasteiger partial charge in [0.05, 0.1) is 6.54 Å². The minimum atomic E-state index is 0.0325. The van der Waals surface area contributed by atoms with E-state index in [1.165, 1.54) is 5.56 Å². The summed E-state index contributed by atoms with van der Waals surface area (Å²) in [4.78, 5) is 11.7. The lowest BCUT2D eigenvalue weighted by Crippen LogP contribution is -2.38. The molecule has 0 aliphatic rings. The fraction of sp³-hybridized carbons (Fsp3) is 0.533. The SMILES string of the molecule is CCCC(NCC(=O)NC(C)C)c1ccc(Cl)cc1. The van der Waals surface area contributed by atoms with Crippen molar-refractivity contribution < 1.29 is 4.79 Å². The highest BCUT2D eigenvalue weighted by Gasteiger charge is 2.12. The number of nitrogens with one attached hydrogen (secondary N) is 2. The minimum absolute atomic E-state index is 0.0325. The molecule has 0 spiro atoms. The lowest BCUT2D eigenvalue weighted by atomic mass is 10.0. The topological polar surface area (TPSA) is 41.1 Å². The van der Waals surface area contributed by atoms with E-state index in [1.807, 2.05) is 38.1 Å². The van der Waals surface area contributed by atoms with Crippen LogP contribution in [0.3, 0.4) is 0 Å². The van der Waals surface area contributed by atoms with Crippen LogP contribution in [0.4, 0.5) is 0 Å². The first kappa shape index (κ1) is 16.0. The number of amides is 1. The predicted molar refractivity (Wildman–Crippen MR) is 80.4 cm³/mol. The molecule has 1 aromatic carbocycles. The maximum Gasteiger partial charge on any atom is 0.234 e. The number of rotatable bonds is 7. The van der Waals surface area contributed by atoms with Crippen molar-refractivity contribution in [3.63, 3.8) is 0 Å². The summed E-state index contributed by atoms with van der Waals surface area (Å²) in [6, 6.07) is 8.16. The first-order valence-corrected chi connectivity index (χ1v) is 7.19. The van der Waals surface area contributed by atoms with Crippen LogP contribution in [0.15, 0.2) is 24.3 Å². The molecule has 0 bridgehead atoms. The van der Waals surface area contributed by atoms with Gasteiger partial charge in [-0.2, -0.15) is 0 Å². The number of benzene rings is 1. The Bertz CT molecular complexity index is 390. The molecule has 19 heavy (non-hydrogen) atoms. The van der Waals surface area contributed by atoms with Gasteiger partial charge in [-0.05, 0) is 38.0 Å². The molecular formula is C15H23ClN2O. The average molecular weight is 283 g/mol. The van der Waals surface area contributed by atoms with Gasteiger partial charge < -0.3 is 10.6 Å². The molecule has 1 rings (SSSR count). The van der Waals surface area contributed by atoms with Crippen LogP contribution in [0.5, 0.6) is 0 Å². The predicted octanol–water partition coefficient (Wildman–Crippen LogP) is 3.30. The maximum absolute atomic E-state index is 11.7. The molecule has 0 fully saturated rings. The van der Waals surface area contributed by atoms with Gasteiger partial charge in [-0.25, -0.2) is 0 Å². The third-order valence-corrected chi connectivity index (χ3v) is 3.06. The van der Waals surface area contributed by atoms with Gasteiger partial charge >= 0.3 is 0 Å². The summed E-state index contributed by atoms with van der Waals surface area (Å²) < 4.78 is 0. The molecule has 4 heteroatoms. The zero-order chi connectivity index (χ0) is 14.3. The molecular weight excluding hydrogens is 260 g/mol. The van der Waals surface area contributed by atoms with Crippen LogP contribution in [-0.4, -0.2) is 18.5 Å². The molecule has 1 aromatic rings. The Balaban J connectivity index is 2.58. The van der Waals surface area contributed by atoms with Gasteiger partial charge in [-0.3, -0.25) is 4.79 Å². The number of halogens is 1. The van der Waals surface area contributed by atoms with E-state index in [9.17, 15) is 4.79 Å². The van der Waals surface area contributed by atoms with Crippen LogP contribution in [0.25, 0.3) is 0 Å². The van der Waals surface area contributed by atoms with Crippen molar-refractivity contribution in [1.82, 2.24) is 10.6 Å². The van der Waals surface area contributed by atoms with Gasteiger partial charge in [-0.1, -0.05) is 37.1 Å². The fourth-order valence-electron chi connectivity index (χ4n) is 1.96. The quantitative estimate of drug-likeness (QED) is 0.806. The maximum atomic E-state index is 11.7. The van der Waals surface area contributed by atoms with E-state index in [4.69, 9.17) is 11.6 Å². The van der Waals surface area contributed by atoms with E-state index in [2.05, 4.69) is 17.6 Å². The molecule has 3 nitrogen and oxygen atoms in total. The normalized spacial score (nSPS) is 12.5. The molecule has 0 heterocycles. The Hall–Kier alpha value is -1.06. The van der Waals surface area contributed by atoms with E-state index in [0.29, 0.717) is 6.54 Å². The zero-order valence-corrected chi connectivity index (χ0v) is 12.6. The molecule has 0 saturated heterocycles. The fourth-order valence-corrected chi connectivity index (χ4v) is 2.09. The van der Waals surface area contributed by atoms with Gasteiger partial charge in [0.2, 0.25) is 5.91 Å². The van der Waals surface area contributed by atoms with Crippen LogP contribution >= 0.6 is 11.6 Å². The van der Waals surface area contributed by atoms with Crippen LogP contribution in [0, 0.1) is 0 Å². The van der Waals surface area contributed by atoms with Crippen molar-refractivity contribution in [2.24, 2.45) is 0 Å². The highest BCUT2D eigenvalue weighted by molar-refractivity contribution is 6.30. The zero-order valence-electron chi connectivity index (χ0n) is 11.9. The molecule has 1 unspecified atom stereocenters. The smallest absolute Gasteiger partial charge is 0.234 e. The number of hydrogen-bond donors (Lipinski definition) is 2. The number of carbonyl (C=O) groups excluding carboxylic acids is 1. The summed E-state index contributed by atoms with van der Waals surface area (Å²) in [6.45, 7) is 6.39. The summed E-state index contributed by atoms with van der Waals surface area (Å²) in [5.74, 6) is 0.0325. The summed E-state index contributed by atoms with van der Waals surface area (Å²) in [5.41, 5.74) is 1.17. The lowest BCUT2D eigenvalue weighted by molar-refractivity contribution is -0.120. The highest BCUT2D eigenvalue weighted by atomic mass is 35.5. The molecule has 2 N–H and O–H groups in total. The van der Waals surface area contributed by atoms with Gasteiger partial charge in [0, 0.05) is 17.1 Å². The molecule has 1 atom stereocenters. The van der Waals surface area contributed by atoms with E-state index in [-0.39, 0.29) is 18.0 Å². The third kappa shape index (κ3) is 6.08. The van der Waals surface area contributed by atoms with Crippen LogP contribution in [0.1, 0.15) is 45.2 Å². The molecule has 0 saturated carbocycles. The summed E-state index contributed by atoms with van der Waals surface area (Å²) >= 11 is 5.89. The molecule has 1 amide bonds. The Kier molecular flexibility index (Phi) is 6.89. The Morgan fingerprint density at radius 3 is 2.42 bits per heavy atom. The molecule has 0 aromatic heterocycles. The van der Waals surface area contributed by atoms with Crippen molar-refractivity contribution in [3.05, 3.63) is 34.9 Å². The van der Waals surface area contributed by atoms with E-state index in [1.54, 1.807) is 0 Å². The Morgan fingerprint density at radius 2 is 1.89 bits per heavy atom. The summed E-state index contributed by atoms with van der Waals surface area (Å²) in [7, 11) is 0. The average Bonchev–Trinajstić information content (AvgIpc) is 2.35. The monoisotopic (exact) mass is 282 g/mol. The Labute approximate surface area is 120 Å². The molecule has 0 radical (unpaired) electrons. The van der Waals surface area contributed by atoms with Crippen molar-refractivity contribution in [2.75, 3.05) is 6.54 Å². The van der Waals surface area contributed by atoms with Gasteiger partial charge in [0.15, 0.2) is 0 Å². The van der Waals surface area contributed by atoms with Crippen molar-refractivity contribution in [3.8, 4) is 0 Å². The largest absolute Gasteiger partial charge is 0.353 e. The second-order valence-corrected chi connectivity index (χ2v) is 5.43. The van der Waals surface area contributed by atoms with Crippen LogP contribution in [-0.2, 0) is 4.79 Å². The standard InChI is InChI=1S/C15H23ClN2O/c1-4-5-14(12-6-8-13(16)9-7-12)17-10-15(19)18-11(2)3/h6-9,11,14,17H,4-5,10H2,1-3H3,(H,18,19). The van der Waals surface area contributed by atoms with Gasteiger partial charge in [0.25, 0.3) is 0 Å². The second-order valence-electron chi connectivity index (χ2n) is 5.00. The Morgan fingerprint density at radius 1 is 1.26 bits per heavy atom. The van der Waals surface area contributed by atoms with Crippen molar-refractivity contribution in [2.45, 2.75) is 45.7 Å². The molecule has 0 aliphatic carbocycles. The summed E-state index contributed by atoms with van der Waals surface area (Å²) in [5, 5.41) is 6.92. The molecule has 106 valence electrons. The number of hydrogen-bond acceptors (Lipinski definition) is 2. The van der Waals surface area contributed by atoms with Crippen LogP contribution in [0.2, 0.25) is 5.02 Å². The van der Waals surface area contributed by atoms with Crippen LogP contribution < -0.4 is 10.6 Å². The molecule has 0 aliphatic heterocycles. The summed E-state index contributed by atoms with van der Waals surface area (Å²) in [6.07, 6.45) is 2.06. The van der Waals surface area contributed by atoms with Crippen molar-refractivity contribution >= 4 is 17.5 Å². The van der Waals surface area contributed by atoms with E-state index < -0.39 is 0 Å². The second kappa shape index (κ2) is 8.18. The first-order chi connectivity index (χ1) is 9.02. The van der Waals surface area contributed by atoms with E-state index >= 15 is 0 Å². The lowest BCUT2D eigenvalue weighted by Gasteiger charge is -2.19. The number of carbonyl (C=O) groups is 1. The van der Waals surface area contributed by atoms with Gasteiger partial charge in [0.1, 0.15) is 0 Å². The third-order valence-electron chi connectivity index (χ3n) is 2.81. The van der Waals surface area contributed by atoms with Gasteiger partial charge in [-0.15, -0.1) is 0 Å². The highest BCUT2D eigenvalue weighted by Crippen LogP contribution is 2.20. The minimum Gasteiger partial charge on any atom is -0.353 e. The van der Waals surface area contributed by atoms with Crippen molar-refractivity contribution in [1.29, 1.82) is 0 Å².